The summed E-state index contributed by atoms with van der Waals surface area (Å²) in [6.45, 7) is 3.79. The second-order valence-corrected chi connectivity index (χ2v) is 5.57. The van der Waals surface area contributed by atoms with Gasteiger partial charge in [-0.05, 0) is 48.6 Å². The van der Waals surface area contributed by atoms with Crippen molar-refractivity contribution in [2.24, 2.45) is 5.73 Å². The molecule has 0 saturated carbocycles. The van der Waals surface area contributed by atoms with Crippen molar-refractivity contribution >= 4 is 11.6 Å². The van der Waals surface area contributed by atoms with Gasteiger partial charge in [-0.2, -0.15) is 0 Å². The van der Waals surface area contributed by atoms with Gasteiger partial charge in [0.25, 0.3) is 0 Å². The van der Waals surface area contributed by atoms with E-state index in [1.807, 2.05) is 0 Å². The first-order chi connectivity index (χ1) is 10.7. The molecule has 0 spiro atoms. The second-order valence-electron chi connectivity index (χ2n) is 5.57. The maximum atomic E-state index is 9.22. The molecule has 0 radical (unpaired) electrons. The molecule has 3 aliphatic rings. The van der Waals surface area contributed by atoms with E-state index in [1.165, 1.54) is 56.1 Å². The van der Waals surface area contributed by atoms with Crippen LogP contribution in [0.3, 0.4) is 0 Å². The number of amides is 1. The molecule has 0 unspecified atom stereocenters. The zero-order valence-electron chi connectivity index (χ0n) is 13.2. The summed E-state index contributed by atoms with van der Waals surface area (Å²) in [4.78, 5) is 11.7. The molecule has 1 heterocycles. The third-order valence-electron chi connectivity index (χ3n) is 3.59. The highest BCUT2D eigenvalue weighted by atomic mass is 16.1. The number of piperidine rings is 1. The van der Waals surface area contributed by atoms with Gasteiger partial charge in [0.2, 0.25) is 5.91 Å². The van der Waals surface area contributed by atoms with Crippen LogP contribution in [0.5, 0.6) is 0 Å². The number of fused-ring (bicyclic) bond motifs is 1. The normalized spacial score (nSPS) is 14.0. The number of benzene rings is 2. The second kappa shape index (κ2) is 8.23. The predicted octanol–water partition coefficient (Wildman–Crippen LogP) is 3.84. The number of hydrogen-bond acceptors (Lipinski definition) is 2. The summed E-state index contributed by atoms with van der Waals surface area (Å²) in [6.07, 6.45) is 4.12. The van der Waals surface area contributed by atoms with E-state index in [2.05, 4.69) is 65.2 Å². The van der Waals surface area contributed by atoms with Gasteiger partial charge in [-0.15, -0.1) is 0 Å². The molecule has 1 aromatic carbocycles. The minimum atomic E-state index is -0.333. The van der Waals surface area contributed by atoms with Gasteiger partial charge in [0.05, 0.1) is 0 Å². The van der Waals surface area contributed by atoms with Crippen LogP contribution in [0.1, 0.15) is 26.2 Å². The van der Waals surface area contributed by atoms with Crippen LogP contribution in [0.2, 0.25) is 0 Å². The fourth-order valence-electron chi connectivity index (χ4n) is 2.47. The van der Waals surface area contributed by atoms with E-state index in [0.29, 0.717) is 0 Å². The molecule has 116 valence electrons. The monoisotopic (exact) mass is 296 g/mol. The van der Waals surface area contributed by atoms with Gasteiger partial charge in [0.1, 0.15) is 0 Å². The lowest BCUT2D eigenvalue weighted by molar-refractivity contribution is -0.115. The lowest BCUT2D eigenvalue weighted by Crippen LogP contribution is -2.29. The number of para-hydroxylation sites is 1. The Morgan fingerprint density at radius 3 is 1.86 bits per heavy atom. The van der Waals surface area contributed by atoms with Crippen molar-refractivity contribution in [3.05, 3.63) is 54.6 Å². The molecular formula is C19H24N2O. The lowest BCUT2D eigenvalue weighted by atomic mass is 10.1. The Balaban J connectivity index is 0.000000146. The molecule has 2 N–H and O–H groups in total. The fourth-order valence-corrected chi connectivity index (χ4v) is 2.47. The number of nitrogens with two attached hydrogens (primary N) is 1. The Bertz CT molecular complexity index is 568. The van der Waals surface area contributed by atoms with Crippen LogP contribution in [0.25, 0.3) is 11.1 Å². The molecule has 0 aromatic heterocycles. The van der Waals surface area contributed by atoms with Crippen molar-refractivity contribution in [2.45, 2.75) is 26.2 Å². The number of carbonyl (C=O) groups excluding carboxylic acids is 1. The highest BCUT2D eigenvalue weighted by Gasteiger charge is 2.09. The molecular weight excluding hydrogens is 272 g/mol. The Kier molecular flexibility index (Phi) is 6.01. The highest BCUT2D eigenvalue weighted by Crippen LogP contribution is 2.32. The van der Waals surface area contributed by atoms with Crippen LogP contribution >= 0.6 is 0 Å². The minimum absolute atomic E-state index is 0.333. The average Bonchev–Trinajstić information content (AvgIpc) is 3.15. The molecule has 1 aromatic rings. The van der Waals surface area contributed by atoms with E-state index in [1.54, 1.807) is 0 Å². The summed E-state index contributed by atoms with van der Waals surface area (Å²) in [6, 6.07) is 19.2. The minimum Gasteiger partial charge on any atom is -0.372 e. The van der Waals surface area contributed by atoms with E-state index in [-0.39, 0.29) is 5.91 Å². The quantitative estimate of drug-likeness (QED) is 0.741. The van der Waals surface area contributed by atoms with Crippen molar-refractivity contribution in [1.29, 1.82) is 0 Å². The van der Waals surface area contributed by atoms with Crippen LogP contribution in [-0.4, -0.2) is 19.0 Å². The van der Waals surface area contributed by atoms with Crippen LogP contribution in [-0.2, 0) is 4.79 Å². The third-order valence-corrected chi connectivity index (χ3v) is 3.59. The fraction of sp³-hybridized carbons (Fsp3) is 0.316. The Hall–Kier alpha value is -2.29. The molecule has 4 rings (SSSR count). The first-order valence-electron chi connectivity index (χ1n) is 7.83. The lowest BCUT2D eigenvalue weighted by Gasteiger charge is -2.28. The van der Waals surface area contributed by atoms with E-state index >= 15 is 0 Å². The van der Waals surface area contributed by atoms with Gasteiger partial charge in [0.15, 0.2) is 0 Å². The largest absolute Gasteiger partial charge is 0.372 e. The first-order valence-corrected chi connectivity index (χ1v) is 7.83. The number of primary amides is 1. The van der Waals surface area contributed by atoms with Gasteiger partial charge in [-0.25, -0.2) is 0 Å². The van der Waals surface area contributed by atoms with Crippen molar-refractivity contribution in [1.82, 2.24) is 0 Å². The molecule has 1 saturated heterocycles. The summed E-state index contributed by atoms with van der Waals surface area (Å²) in [5, 5.41) is 0. The molecule has 3 heteroatoms. The van der Waals surface area contributed by atoms with Crippen molar-refractivity contribution in [3.63, 3.8) is 0 Å². The number of hydrogen-bond donors (Lipinski definition) is 1. The molecule has 3 nitrogen and oxygen atoms in total. The van der Waals surface area contributed by atoms with E-state index in [9.17, 15) is 4.79 Å². The molecule has 22 heavy (non-hydrogen) atoms. The zero-order chi connectivity index (χ0) is 15.8. The van der Waals surface area contributed by atoms with Gasteiger partial charge in [-0.1, -0.05) is 36.4 Å². The summed E-state index contributed by atoms with van der Waals surface area (Å²) < 4.78 is 0. The first kappa shape index (κ1) is 16.1. The van der Waals surface area contributed by atoms with Crippen molar-refractivity contribution in [2.75, 3.05) is 18.0 Å². The molecule has 2 aliphatic carbocycles. The summed E-state index contributed by atoms with van der Waals surface area (Å²) in [7, 11) is 0. The number of rotatable bonds is 1. The zero-order valence-corrected chi connectivity index (χ0v) is 13.2. The van der Waals surface area contributed by atoms with Crippen LogP contribution in [0.4, 0.5) is 5.69 Å². The third kappa shape index (κ3) is 5.60. The Labute approximate surface area is 132 Å². The Morgan fingerprint density at radius 1 is 0.909 bits per heavy atom. The van der Waals surface area contributed by atoms with Crippen molar-refractivity contribution in [3.8, 4) is 11.1 Å². The number of anilines is 1. The number of carbonyl (C=O) groups is 1. The average molecular weight is 296 g/mol. The molecule has 1 aliphatic heterocycles. The SMILES string of the molecule is CC(N)=O.c1cc2cc-2c1.c1ccc(N2CCCCC2)cc1. The smallest absolute Gasteiger partial charge is 0.214 e. The molecule has 1 amide bonds. The van der Waals surface area contributed by atoms with Crippen LogP contribution in [0, 0.1) is 0 Å². The number of nitrogens with zero attached hydrogens (tertiary/aromatic N) is 1. The molecule has 1 fully saturated rings. The maximum absolute atomic E-state index is 9.22. The van der Waals surface area contributed by atoms with Gasteiger partial charge < -0.3 is 10.6 Å². The van der Waals surface area contributed by atoms with E-state index in [4.69, 9.17) is 0 Å². The van der Waals surface area contributed by atoms with Gasteiger partial charge in [-0.3, -0.25) is 4.79 Å². The van der Waals surface area contributed by atoms with E-state index in [0.717, 1.165) is 0 Å². The van der Waals surface area contributed by atoms with Crippen molar-refractivity contribution < 1.29 is 4.79 Å². The summed E-state index contributed by atoms with van der Waals surface area (Å²) in [5.41, 5.74) is 8.71. The van der Waals surface area contributed by atoms with E-state index < -0.39 is 0 Å². The summed E-state index contributed by atoms with van der Waals surface area (Å²) in [5.74, 6) is -0.333. The maximum Gasteiger partial charge on any atom is 0.214 e. The van der Waals surface area contributed by atoms with Gasteiger partial charge >= 0.3 is 0 Å². The molecule has 0 atom stereocenters. The van der Waals surface area contributed by atoms with Gasteiger partial charge in [0, 0.05) is 25.7 Å². The highest BCUT2D eigenvalue weighted by molar-refractivity contribution is 5.80. The topological polar surface area (TPSA) is 46.3 Å². The standard InChI is InChI=1S/C11H15N.C6H4.C2H5NO/c1-3-7-11(8-4-1)12-9-5-2-6-10-12;1-2-5-4-6(5)3-1;1-2(3)4/h1,3-4,7-8H,2,5-6,9-10H2;1-4H;1H3,(H2,3,4). The van der Waals surface area contributed by atoms with Crippen LogP contribution in [0.15, 0.2) is 54.6 Å². The molecule has 0 bridgehead atoms. The predicted molar refractivity (Wildman–Crippen MR) is 92.8 cm³/mol. The Morgan fingerprint density at radius 2 is 1.45 bits per heavy atom. The van der Waals surface area contributed by atoms with Crippen LogP contribution < -0.4 is 10.6 Å². The summed E-state index contributed by atoms with van der Waals surface area (Å²) >= 11 is 0.